The molecule has 1 aliphatic heterocycles. The predicted molar refractivity (Wildman–Crippen MR) is 72.3 cm³/mol. The zero-order valence-electron chi connectivity index (χ0n) is 11.7. The van der Waals surface area contributed by atoms with Gasteiger partial charge in [-0.25, -0.2) is 0 Å². The molecule has 0 aliphatic carbocycles. The molecule has 0 aromatic rings. The van der Waals surface area contributed by atoms with Crippen molar-refractivity contribution in [2.75, 3.05) is 46.9 Å². The number of hydrogen-bond donors (Lipinski definition) is 2. The Labute approximate surface area is 106 Å². The first-order valence-corrected chi connectivity index (χ1v) is 6.90. The topological polar surface area (TPSA) is 38.7 Å². The number of likely N-dealkylation sites (N-methyl/N-ethyl adjacent to an activating group) is 2. The van der Waals surface area contributed by atoms with Gasteiger partial charge >= 0.3 is 0 Å². The molecule has 1 saturated heterocycles. The van der Waals surface area contributed by atoms with E-state index < -0.39 is 0 Å². The SMILES string of the molecule is CCNC(CCO)CN1CCCC1CN(C)C. The van der Waals surface area contributed by atoms with E-state index in [4.69, 9.17) is 5.11 Å². The maximum absolute atomic E-state index is 9.08. The molecule has 0 aromatic heterocycles. The Kier molecular flexibility index (Phi) is 7.04. The first kappa shape index (κ1) is 14.9. The minimum atomic E-state index is 0.282. The van der Waals surface area contributed by atoms with Crippen LogP contribution in [0.5, 0.6) is 0 Å². The molecule has 0 aromatic carbocycles. The molecule has 17 heavy (non-hydrogen) atoms. The third-order valence-corrected chi connectivity index (χ3v) is 3.50. The molecule has 102 valence electrons. The van der Waals surface area contributed by atoms with Gasteiger partial charge in [0.15, 0.2) is 0 Å². The molecule has 1 heterocycles. The first-order valence-electron chi connectivity index (χ1n) is 6.90. The molecule has 2 unspecified atom stereocenters. The number of rotatable bonds is 8. The Morgan fingerprint density at radius 1 is 1.47 bits per heavy atom. The van der Waals surface area contributed by atoms with E-state index in [0.29, 0.717) is 12.1 Å². The fourth-order valence-corrected chi connectivity index (χ4v) is 2.75. The Morgan fingerprint density at radius 3 is 2.82 bits per heavy atom. The highest BCUT2D eigenvalue weighted by Crippen LogP contribution is 2.18. The maximum Gasteiger partial charge on any atom is 0.0446 e. The smallest absolute Gasteiger partial charge is 0.0446 e. The molecule has 0 amide bonds. The van der Waals surface area contributed by atoms with Crippen molar-refractivity contribution in [3.05, 3.63) is 0 Å². The summed E-state index contributed by atoms with van der Waals surface area (Å²) < 4.78 is 0. The van der Waals surface area contributed by atoms with Crippen LogP contribution in [0.1, 0.15) is 26.2 Å². The first-order chi connectivity index (χ1) is 8.17. The van der Waals surface area contributed by atoms with Gasteiger partial charge in [-0.3, -0.25) is 4.90 Å². The molecule has 2 N–H and O–H groups in total. The van der Waals surface area contributed by atoms with Gasteiger partial charge < -0.3 is 15.3 Å². The standard InChI is InChI=1S/C13H29N3O/c1-4-14-12(7-9-17)10-16-8-5-6-13(16)11-15(2)3/h12-14,17H,4-11H2,1-3H3. The Morgan fingerprint density at radius 2 is 2.24 bits per heavy atom. The Bertz CT molecular complexity index is 193. The van der Waals surface area contributed by atoms with Crippen LogP contribution in [0, 0.1) is 0 Å². The number of nitrogens with zero attached hydrogens (tertiary/aromatic N) is 2. The van der Waals surface area contributed by atoms with Gasteiger partial charge in [-0.15, -0.1) is 0 Å². The van der Waals surface area contributed by atoms with Crippen LogP contribution < -0.4 is 5.32 Å². The third kappa shape index (κ3) is 5.34. The fourth-order valence-electron chi connectivity index (χ4n) is 2.75. The van der Waals surface area contributed by atoms with E-state index in [1.807, 2.05) is 0 Å². The second-order valence-electron chi connectivity index (χ2n) is 5.32. The summed E-state index contributed by atoms with van der Waals surface area (Å²) in [4.78, 5) is 4.86. The van der Waals surface area contributed by atoms with E-state index in [-0.39, 0.29) is 6.61 Å². The second kappa shape index (κ2) is 8.03. The van der Waals surface area contributed by atoms with Crippen molar-refractivity contribution in [1.82, 2.24) is 15.1 Å². The van der Waals surface area contributed by atoms with Crippen molar-refractivity contribution in [3.63, 3.8) is 0 Å². The van der Waals surface area contributed by atoms with Crippen molar-refractivity contribution in [2.24, 2.45) is 0 Å². The van der Waals surface area contributed by atoms with Gasteiger partial charge in [0.2, 0.25) is 0 Å². The molecule has 4 nitrogen and oxygen atoms in total. The lowest BCUT2D eigenvalue weighted by Crippen LogP contribution is -2.46. The molecular weight excluding hydrogens is 214 g/mol. The largest absolute Gasteiger partial charge is 0.396 e. The van der Waals surface area contributed by atoms with Crippen LogP contribution in [-0.2, 0) is 0 Å². The number of hydrogen-bond acceptors (Lipinski definition) is 4. The molecule has 2 atom stereocenters. The lowest BCUT2D eigenvalue weighted by Gasteiger charge is -2.30. The zero-order valence-corrected chi connectivity index (χ0v) is 11.7. The molecule has 4 heteroatoms. The van der Waals surface area contributed by atoms with Gasteiger partial charge in [0, 0.05) is 31.8 Å². The van der Waals surface area contributed by atoms with E-state index in [1.54, 1.807) is 0 Å². The van der Waals surface area contributed by atoms with Crippen LogP contribution in [0.2, 0.25) is 0 Å². The Balaban J connectivity index is 2.40. The third-order valence-electron chi connectivity index (χ3n) is 3.50. The quantitative estimate of drug-likeness (QED) is 0.646. The van der Waals surface area contributed by atoms with Crippen molar-refractivity contribution in [3.8, 4) is 0 Å². The average Bonchev–Trinajstić information content (AvgIpc) is 2.65. The molecule has 0 radical (unpaired) electrons. The average molecular weight is 243 g/mol. The van der Waals surface area contributed by atoms with Crippen LogP contribution in [0.25, 0.3) is 0 Å². The van der Waals surface area contributed by atoms with Crippen LogP contribution in [0.15, 0.2) is 0 Å². The summed E-state index contributed by atoms with van der Waals surface area (Å²) in [7, 11) is 4.29. The van der Waals surface area contributed by atoms with E-state index in [0.717, 1.165) is 26.1 Å². The molecule has 0 saturated carbocycles. The summed E-state index contributed by atoms with van der Waals surface area (Å²) in [6, 6.07) is 1.14. The lowest BCUT2D eigenvalue weighted by atomic mass is 10.1. The summed E-state index contributed by atoms with van der Waals surface area (Å²) in [6.07, 6.45) is 3.49. The predicted octanol–water partition coefficient (Wildman–Crippen LogP) is 0.373. The van der Waals surface area contributed by atoms with Gasteiger partial charge in [-0.05, 0) is 46.4 Å². The summed E-state index contributed by atoms with van der Waals surface area (Å²) in [5.74, 6) is 0. The van der Waals surface area contributed by atoms with Crippen LogP contribution in [-0.4, -0.2) is 73.9 Å². The molecule has 1 rings (SSSR count). The van der Waals surface area contributed by atoms with Crippen LogP contribution >= 0.6 is 0 Å². The van der Waals surface area contributed by atoms with Gasteiger partial charge in [0.05, 0.1) is 0 Å². The second-order valence-corrected chi connectivity index (χ2v) is 5.32. The summed E-state index contributed by atoms with van der Waals surface area (Å²) in [5, 5.41) is 12.6. The van der Waals surface area contributed by atoms with Crippen LogP contribution in [0.3, 0.4) is 0 Å². The molecule has 1 fully saturated rings. The number of likely N-dealkylation sites (tertiary alicyclic amines) is 1. The van der Waals surface area contributed by atoms with Gasteiger partial charge in [0.25, 0.3) is 0 Å². The molecular formula is C13H29N3O. The zero-order chi connectivity index (χ0) is 12.7. The van der Waals surface area contributed by atoms with Gasteiger partial charge in [0.1, 0.15) is 0 Å². The minimum Gasteiger partial charge on any atom is -0.396 e. The summed E-state index contributed by atoms with van der Waals surface area (Å²) in [5.41, 5.74) is 0. The monoisotopic (exact) mass is 243 g/mol. The van der Waals surface area contributed by atoms with Crippen molar-refractivity contribution >= 4 is 0 Å². The lowest BCUT2D eigenvalue weighted by molar-refractivity contribution is 0.175. The van der Waals surface area contributed by atoms with Gasteiger partial charge in [-0.2, -0.15) is 0 Å². The fraction of sp³-hybridized carbons (Fsp3) is 1.00. The van der Waals surface area contributed by atoms with E-state index in [2.05, 4.69) is 36.1 Å². The highest BCUT2D eigenvalue weighted by Gasteiger charge is 2.26. The van der Waals surface area contributed by atoms with Crippen molar-refractivity contribution in [1.29, 1.82) is 0 Å². The van der Waals surface area contributed by atoms with E-state index in [9.17, 15) is 0 Å². The highest BCUT2D eigenvalue weighted by molar-refractivity contribution is 4.84. The highest BCUT2D eigenvalue weighted by atomic mass is 16.3. The number of aliphatic hydroxyl groups is 1. The summed E-state index contributed by atoms with van der Waals surface area (Å²) in [6.45, 7) is 6.84. The number of aliphatic hydroxyl groups excluding tert-OH is 1. The number of nitrogens with one attached hydrogen (secondary N) is 1. The van der Waals surface area contributed by atoms with Gasteiger partial charge in [-0.1, -0.05) is 6.92 Å². The van der Waals surface area contributed by atoms with E-state index in [1.165, 1.54) is 19.4 Å². The van der Waals surface area contributed by atoms with E-state index >= 15 is 0 Å². The Hall–Kier alpha value is -0.160. The van der Waals surface area contributed by atoms with Crippen molar-refractivity contribution < 1.29 is 5.11 Å². The molecule has 1 aliphatic rings. The molecule has 0 bridgehead atoms. The summed E-state index contributed by atoms with van der Waals surface area (Å²) >= 11 is 0. The maximum atomic E-state index is 9.08. The normalized spacial score (nSPS) is 23.5. The molecule has 0 spiro atoms. The van der Waals surface area contributed by atoms with Crippen LogP contribution in [0.4, 0.5) is 0 Å². The minimum absolute atomic E-state index is 0.282. The van der Waals surface area contributed by atoms with Crippen molar-refractivity contribution in [2.45, 2.75) is 38.3 Å².